The van der Waals surface area contributed by atoms with E-state index in [2.05, 4.69) is 48.5 Å². The van der Waals surface area contributed by atoms with Gasteiger partial charge in [0.25, 0.3) is 0 Å². The zero-order chi connectivity index (χ0) is 72.3. The second-order valence-corrected chi connectivity index (χ2v) is 32.8. The number of phosphoric ester groups is 2. The molecule has 0 spiro atoms. The molecule has 19 heteroatoms. The van der Waals surface area contributed by atoms with Gasteiger partial charge in [-0.15, -0.1) is 0 Å². The molecule has 0 fully saturated rings. The van der Waals surface area contributed by atoms with Gasteiger partial charge in [-0.25, -0.2) is 9.13 Å². The van der Waals surface area contributed by atoms with Crippen molar-refractivity contribution in [3.63, 3.8) is 0 Å². The van der Waals surface area contributed by atoms with Gasteiger partial charge in [0.1, 0.15) is 19.3 Å². The Morgan fingerprint density at radius 3 is 0.694 bits per heavy atom. The molecule has 582 valence electrons. The van der Waals surface area contributed by atoms with Crippen LogP contribution in [0.3, 0.4) is 0 Å². The number of rotatable bonds is 77. The quantitative estimate of drug-likeness (QED) is 0.0222. The molecular weight excluding hydrogens is 1280 g/mol. The van der Waals surface area contributed by atoms with Crippen LogP contribution in [0.4, 0.5) is 0 Å². The molecule has 0 aromatic carbocycles. The maximum atomic E-state index is 13.1. The van der Waals surface area contributed by atoms with Crippen LogP contribution >= 0.6 is 15.6 Å². The van der Waals surface area contributed by atoms with Crippen LogP contribution in [0, 0.1) is 17.8 Å². The fourth-order valence-electron chi connectivity index (χ4n) is 12.1. The molecule has 0 aromatic heterocycles. The number of hydrogen-bond donors (Lipinski definition) is 3. The van der Waals surface area contributed by atoms with E-state index in [0.717, 1.165) is 108 Å². The number of esters is 4. The maximum absolute atomic E-state index is 13.1. The number of carbonyl (C=O) groups is 4. The highest BCUT2D eigenvalue weighted by Gasteiger charge is 2.30. The molecule has 0 amide bonds. The van der Waals surface area contributed by atoms with Gasteiger partial charge in [-0.05, 0) is 43.4 Å². The molecular formula is C79H154O17P2. The number of aliphatic hydroxyl groups is 1. The Morgan fingerprint density at radius 2 is 0.469 bits per heavy atom. The van der Waals surface area contributed by atoms with Gasteiger partial charge in [0.15, 0.2) is 12.2 Å². The standard InChI is InChI=1S/C79H154O17P2/c1-8-9-10-11-12-13-31-39-46-53-60-76(81)89-67-75(96-79(84)63-56-49-42-35-34-38-45-52-59-72(6)7)69-94-98(87,88)92-65-73(80)64-91-97(85,86)93-68-74(66-90-77(82)61-54-47-40-32-27-24-20-22-26-30-37-44-51-58-71(4)5)95-78(83)62-55-48-41-33-28-23-19-17-15-14-16-18-21-25-29-36-43-50-57-70(2)3/h70-75,80H,8-69H2,1-7H3,(H,85,86)(H,87,88)/t73-,74-,75-/m1/s1. The average molecular weight is 1440 g/mol. The van der Waals surface area contributed by atoms with Crippen molar-refractivity contribution >= 4 is 39.5 Å². The lowest BCUT2D eigenvalue weighted by Crippen LogP contribution is -2.30. The lowest BCUT2D eigenvalue weighted by Gasteiger charge is -2.21. The molecule has 17 nitrogen and oxygen atoms in total. The van der Waals surface area contributed by atoms with Gasteiger partial charge in [-0.1, -0.05) is 357 Å². The molecule has 0 saturated carbocycles. The minimum absolute atomic E-state index is 0.105. The first-order valence-corrected chi connectivity index (χ1v) is 43.8. The number of hydrogen-bond acceptors (Lipinski definition) is 15. The topological polar surface area (TPSA) is 237 Å². The van der Waals surface area contributed by atoms with Gasteiger partial charge in [0.05, 0.1) is 26.4 Å². The Kier molecular flexibility index (Phi) is 68.1. The van der Waals surface area contributed by atoms with Gasteiger partial charge in [0.2, 0.25) is 0 Å². The SMILES string of the molecule is CCCCCCCCCCCCC(=O)OC[C@H](COP(=O)(O)OC[C@H](O)COP(=O)(O)OC[C@@H](COC(=O)CCCCCCCCCCCCCCCC(C)C)OC(=O)CCCCCCCCCCCCCCCCCCCCC(C)C)OC(=O)CCCCCCCCCCC(C)C. The molecule has 0 heterocycles. The summed E-state index contributed by atoms with van der Waals surface area (Å²) in [6.45, 7) is 11.9. The summed E-state index contributed by atoms with van der Waals surface area (Å²) in [5.41, 5.74) is 0. The van der Waals surface area contributed by atoms with Crippen LogP contribution < -0.4 is 0 Å². The van der Waals surface area contributed by atoms with Gasteiger partial charge in [-0.2, -0.15) is 0 Å². The van der Waals surface area contributed by atoms with Gasteiger partial charge >= 0.3 is 39.5 Å². The molecule has 98 heavy (non-hydrogen) atoms. The maximum Gasteiger partial charge on any atom is 0.472 e. The minimum Gasteiger partial charge on any atom is -0.462 e. The summed E-state index contributed by atoms with van der Waals surface area (Å²) in [4.78, 5) is 72.9. The van der Waals surface area contributed by atoms with Crippen LogP contribution in [0.15, 0.2) is 0 Å². The van der Waals surface area contributed by atoms with E-state index >= 15 is 0 Å². The summed E-state index contributed by atoms with van der Waals surface area (Å²) in [5, 5.41) is 10.6. The summed E-state index contributed by atoms with van der Waals surface area (Å²) in [6, 6.07) is 0. The summed E-state index contributed by atoms with van der Waals surface area (Å²) in [6.07, 6.45) is 57.0. The van der Waals surface area contributed by atoms with Gasteiger partial charge in [0, 0.05) is 25.7 Å². The third-order valence-electron chi connectivity index (χ3n) is 18.4. The molecule has 5 atom stereocenters. The van der Waals surface area contributed by atoms with Crippen LogP contribution in [-0.4, -0.2) is 96.7 Å². The van der Waals surface area contributed by atoms with Gasteiger partial charge < -0.3 is 33.8 Å². The summed E-state index contributed by atoms with van der Waals surface area (Å²) in [7, 11) is -9.91. The molecule has 0 aliphatic heterocycles. The van der Waals surface area contributed by atoms with E-state index < -0.39 is 97.5 Å². The largest absolute Gasteiger partial charge is 0.472 e. The summed E-state index contributed by atoms with van der Waals surface area (Å²) < 4.78 is 68.6. The van der Waals surface area contributed by atoms with Crippen LogP contribution in [0.25, 0.3) is 0 Å². The van der Waals surface area contributed by atoms with Crippen molar-refractivity contribution in [2.75, 3.05) is 39.6 Å². The van der Waals surface area contributed by atoms with Crippen LogP contribution in [0.1, 0.15) is 408 Å². The number of phosphoric acid groups is 2. The highest BCUT2D eigenvalue weighted by Crippen LogP contribution is 2.45. The molecule has 2 unspecified atom stereocenters. The van der Waals surface area contributed by atoms with Gasteiger partial charge in [-0.3, -0.25) is 37.3 Å². The third-order valence-corrected chi connectivity index (χ3v) is 20.3. The molecule has 0 radical (unpaired) electrons. The van der Waals surface area contributed by atoms with E-state index in [1.807, 2.05) is 0 Å². The molecule has 0 aromatic rings. The number of aliphatic hydroxyl groups excluding tert-OH is 1. The van der Waals surface area contributed by atoms with E-state index in [0.29, 0.717) is 25.7 Å². The second kappa shape index (κ2) is 69.4. The van der Waals surface area contributed by atoms with E-state index in [1.54, 1.807) is 0 Å². The fraction of sp³-hybridized carbons (Fsp3) is 0.949. The molecule has 3 N–H and O–H groups in total. The molecule has 0 bridgehead atoms. The first-order valence-electron chi connectivity index (χ1n) is 40.8. The van der Waals surface area contributed by atoms with Crippen molar-refractivity contribution in [3.8, 4) is 0 Å². The predicted molar refractivity (Wildman–Crippen MR) is 400 cm³/mol. The van der Waals surface area contributed by atoms with Crippen molar-refractivity contribution in [2.45, 2.75) is 426 Å². The van der Waals surface area contributed by atoms with Crippen LogP contribution in [0.2, 0.25) is 0 Å². The van der Waals surface area contributed by atoms with E-state index in [-0.39, 0.29) is 25.7 Å². The summed E-state index contributed by atoms with van der Waals surface area (Å²) in [5.74, 6) is 0.214. The highest BCUT2D eigenvalue weighted by atomic mass is 31.2. The molecule has 0 saturated heterocycles. The van der Waals surface area contributed by atoms with Crippen molar-refractivity contribution in [1.29, 1.82) is 0 Å². The molecule has 0 rings (SSSR count). The number of unbranched alkanes of at least 4 members (excludes halogenated alkanes) is 45. The van der Waals surface area contributed by atoms with Crippen molar-refractivity contribution in [1.82, 2.24) is 0 Å². The van der Waals surface area contributed by atoms with E-state index in [4.69, 9.17) is 37.0 Å². The smallest absolute Gasteiger partial charge is 0.462 e. The lowest BCUT2D eigenvalue weighted by molar-refractivity contribution is -0.161. The van der Waals surface area contributed by atoms with E-state index in [1.165, 1.54) is 218 Å². The Hall–Kier alpha value is -1.94. The highest BCUT2D eigenvalue weighted by molar-refractivity contribution is 7.47. The van der Waals surface area contributed by atoms with E-state index in [9.17, 15) is 43.2 Å². The summed E-state index contributed by atoms with van der Waals surface area (Å²) >= 11 is 0. The zero-order valence-corrected chi connectivity index (χ0v) is 66.0. The Morgan fingerprint density at radius 1 is 0.276 bits per heavy atom. The Balaban J connectivity index is 5.21. The normalized spacial score (nSPS) is 14.0. The molecule has 0 aliphatic rings. The van der Waals surface area contributed by atoms with Crippen molar-refractivity contribution < 1.29 is 80.2 Å². The third kappa shape index (κ3) is 72.4. The first kappa shape index (κ1) is 96.1. The average Bonchev–Trinajstić information content (AvgIpc) is 0.969. The predicted octanol–water partition coefficient (Wildman–Crippen LogP) is 23.4. The second-order valence-electron chi connectivity index (χ2n) is 29.9. The Labute approximate surface area is 600 Å². The van der Waals surface area contributed by atoms with Crippen molar-refractivity contribution in [3.05, 3.63) is 0 Å². The van der Waals surface area contributed by atoms with Crippen LogP contribution in [0.5, 0.6) is 0 Å². The number of carbonyl (C=O) groups excluding carboxylic acids is 4. The fourth-order valence-corrected chi connectivity index (χ4v) is 13.7. The molecule has 0 aliphatic carbocycles. The number of ether oxygens (including phenoxy) is 4. The zero-order valence-electron chi connectivity index (χ0n) is 64.3. The Bertz CT molecular complexity index is 1900. The first-order chi connectivity index (χ1) is 47.2. The monoisotopic (exact) mass is 1440 g/mol. The minimum atomic E-state index is -4.96. The van der Waals surface area contributed by atoms with Crippen molar-refractivity contribution in [2.24, 2.45) is 17.8 Å². The lowest BCUT2D eigenvalue weighted by atomic mass is 10.0. The van der Waals surface area contributed by atoms with Crippen LogP contribution in [-0.2, 0) is 65.4 Å².